The van der Waals surface area contributed by atoms with Crippen LogP contribution in [0.4, 0.5) is 0 Å². The first-order chi connectivity index (χ1) is 12.7. The number of aryl methyl sites for hydroxylation is 1. The summed E-state index contributed by atoms with van der Waals surface area (Å²) in [6, 6.07) is 20.7. The Hall–Kier alpha value is -2.13. The van der Waals surface area contributed by atoms with E-state index in [2.05, 4.69) is 48.2 Å². The van der Waals surface area contributed by atoms with Gasteiger partial charge in [0.15, 0.2) is 0 Å². The van der Waals surface area contributed by atoms with Crippen LogP contribution in [-0.2, 0) is 11.2 Å². The number of hydrogen-bond acceptors (Lipinski definition) is 2. The maximum Gasteiger partial charge on any atom is 0.224 e. The van der Waals surface area contributed by atoms with E-state index in [9.17, 15) is 4.79 Å². The van der Waals surface area contributed by atoms with E-state index in [0.717, 1.165) is 25.4 Å². The molecule has 1 amide bonds. The zero-order valence-corrected chi connectivity index (χ0v) is 16.0. The number of carbonyl (C=O) groups excluding carboxylic acids is 1. The molecule has 0 aromatic heterocycles. The third kappa shape index (κ3) is 4.53. The van der Waals surface area contributed by atoms with Gasteiger partial charge in [-0.05, 0) is 29.9 Å². The zero-order chi connectivity index (χ0) is 18.4. The lowest BCUT2D eigenvalue weighted by molar-refractivity contribution is -0.135. The van der Waals surface area contributed by atoms with Crippen LogP contribution in [0.15, 0.2) is 60.7 Å². The van der Waals surface area contributed by atoms with Crippen molar-refractivity contribution in [2.75, 3.05) is 20.1 Å². The van der Waals surface area contributed by atoms with Crippen molar-refractivity contribution in [2.45, 2.75) is 38.8 Å². The maximum absolute atomic E-state index is 12.9. The van der Waals surface area contributed by atoms with Crippen molar-refractivity contribution in [2.24, 2.45) is 5.92 Å². The average molecular weight is 351 g/mol. The number of rotatable bonds is 7. The topological polar surface area (TPSA) is 23.6 Å². The van der Waals surface area contributed by atoms with Gasteiger partial charge in [-0.15, -0.1) is 0 Å². The molecule has 2 aromatic carbocycles. The molecule has 1 aliphatic heterocycles. The Morgan fingerprint density at radius 3 is 2.38 bits per heavy atom. The number of amides is 1. The van der Waals surface area contributed by atoms with Crippen LogP contribution in [0.5, 0.6) is 0 Å². The normalized spacial score (nSPS) is 18.6. The van der Waals surface area contributed by atoms with Crippen molar-refractivity contribution >= 4 is 5.91 Å². The van der Waals surface area contributed by atoms with E-state index in [4.69, 9.17) is 0 Å². The molecule has 1 heterocycles. The number of likely N-dealkylation sites (tertiary alicyclic amines) is 1. The van der Waals surface area contributed by atoms with Crippen LogP contribution in [0.25, 0.3) is 0 Å². The number of carbonyl (C=O) groups is 1. The molecule has 0 bridgehead atoms. The fourth-order valence-electron chi connectivity index (χ4n) is 3.93. The summed E-state index contributed by atoms with van der Waals surface area (Å²) in [6.45, 7) is 4.40. The highest BCUT2D eigenvalue weighted by Gasteiger charge is 2.32. The summed E-state index contributed by atoms with van der Waals surface area (Å²) in [5.74, 6) is 0.955. The molecule has 3 rings (SSSR count). The minimum absolute atomic E-state index is 0.0380. The molecule has 3 heteroatoms. The molecule has 1 fully saturated rings. The molecule has 138 valence electrons. The second-order valence-electron chi connectivity index (χ2n) is 7.33. The average Bonchev–Trinajstić information content (AvgIpc) is 3.16. The van der Waals surface area contributed by atoms with Crippen molar-refractivity contribution in [3.05, 3.63) is 71.8 Å². The molecule has 0 N–H and O–H groups in total. The van der Waals surface area contributed by atoms with Crippen LogP contribution in [0.1, 0.15) is 43.5 Å². The first kappa shape index (κ1) is 18.7. The molecule has 0 spiro atoms. The van der Waals surface area contributed by atoms with Gasteiger partial charge in [-0.3, -0.25) is 9.69 Å². The molecule has 0 radical (unpaired) electrons. The lowest BCUT2D eigenvalue weighted by atomic mass is 10.1. The van der Waals surface area contributed by atoms with E-state index >= 15 is 0 Å². The van der Waals surface area contributed by atoms with E-state index in [-0.39, 0.29) is 12.1 Å². The minimum atomic E-state index is 0.0380. The van der Waals surface area contributed by atoms with Crippen molar-refractivity contribution in [1.82, 2.24) is 9.80 Å². The predicted molar refractivity (Wildman–Crippen MR) is 107 cm³/mol. The number of benzene rings is 2. The van der Waals surface area contributed by atoms with Crippen LogP contribution < -0.4 is 0 Å². The quantitative estimate of drug-likeness (QED) is 0.733. The predicted octanol–water partition coefficient (Wildman–Crippen LogP) is 4.51. The molecular weight excluding hydrogens is 320 g/mol. The highest BCUT2D eigenvalue weighted by atomic mass is 16.2. The monoisotopic (exact) mass is 350 g/mol. The fourth-order valence-corrected chi connectivity index (χ4v) is 3.93. The van der Waals surface area contributed by atoms with Crippen molar-refractivity contribution in [1.29, 1.82) is 0 Å². The molecule has 1 saturated heterocycles. The molecule has 0 aliphatic carbocycles. The van der Waals surface area contributed by atoms with Crippen LogP contribution in [0.2, 0.25) is 0 Å². The second-order valence-corrected chi connectivity index (χ2v) is 7.33. The van der Waals surface area contributed by atoms with Crippen molar-refractivity contribution in [3.8, 4) is 0 Å². The van der Waals surface area contributed by atoms with Gasteiger partial charge < -0.3 is 4.90 Å². The molecule has 2 atom stereocenters. The summed E-state index contributed by atoms with van der Waals surface area (Å²) in [7, 11) is 1.96. The van der Waals surface area contributed by atoms with Gasteiger partial charge >= 0.3 is 0 Å². The number of nitrogens with zero attached hydrogens (tertiary/aromatic N) is 2. The summed E-state index contributed by atoms with van der Waals surface area (Å²) in [6.07, 6.45) is 3.82. The van der Waals surface area contributed by atoms with Gasteiger partial charge in [0.1, 0.15) is 6.17 Å². The third-order valence-electron chi connectivity index (χ3n) is 5.57. The van der Waals surface area contributed by atoms with E-state index < -0.39 is 0 Å². The van der Waals surface area contributed by atoms with E-state index in [1.807, 2.05) is 36.2 Å². The molecule has 0 saturated carbocycles. The molecule has 1 aliphatic rings. The molecule has 0 unspecified atom stereocenters. The third-order valence-corrected chi connectivity index (χ3v) is 5.57. The smallest absolute Gasteiger partial charge is 0.224 e. The lowest BCUT2D eigenvalue weighted by Crippen LogP contribution is -2.41. The van der Waals surface area contributed by atoms with E-state index in [0.29, 0.717) is 6.42 Å². The van der Waals surface area contributed by atoms with Gasteiger partial charge in [0.05, 0.1) is 0 Å². The Morgan fingerprint density at radius 1 is 1.12 bits per heavy atom. The molecular formula is C23H30N2O. The van der Waals surface area contributed by atoms with Gasteiger partial charge in [0, 0.05) is 26.6 Å². The molecule has 3 nitrogen and oxygen atoms in total. The highest BCUT2D eigenvalue weighted by molar-refractivity contribution is 5.76. The van der Waals surface area contributed by atoms with E-state index in [1.54, 1.807) is 0 Å². The van der Waals surface area contributed by atoms with Crippen LogP contribution in [0, 0.1) is 5.92 Å². The fraction of sp³-hybridized carbons (Fsp3) is 0.435. The van der Waals surface area contributed by atoms with E-state index in [1.165, 1.54) is 24.0 Å². The van der Waals surface area contributed by atoms with Gasteiger partial charge in [-0.2, -0.15) is 0 Å². The Labute approximate surface area is 157 Å². The molecule has 26 heavy (non-hydrogen) atoms. The minimum Gasteiger partial charge on any atom is -0.326 e. The van der Waals surface area contributed by atoms with Gasteiger partial charge in [0.2, 0.25) is 5.91 Å². The van der Waals surface area contributed by atoms with Crippen LogP contribution in [-0.4, -0.2) is 35.8 Å². The maximum atomic E-state index is 12.9. The number of hydrogen-bond donors (Lipinski definition) is 0. The zero-order valence-electron chi connectivity index (χ0n) is 16.0. The van der Waals surface area contributed by atoms with Crippen molar-refractivity contribution < 1.29 is 4.79 Å². The van der Waals surface area contributed by atoms with Gasteiger partial charge in [0.25, 0.3) is 0 Å². The first-order valence-corrected chi connectivity index (χ1v) is 9.77. The first-order valence-electron chi connectivity index (χ1n) is 9.77. The Morgan fingerprint density at radius 2 is 1.77 bits per heavy atom. The Balaban J connectivity index is 1.72. The van der Waals surface area contributed by atoms with Gasteiger partial charge in [-0.25, -0.2) is 0 Å². The second kappa shape index (κ2) is 9.00. The van der Waals surface area contributed by atoms with Gasteiger partial charge in [-0.1, -0.05) is 74.0 Å². The van der Waals surface area contributed by atoms with Crippen LogP contribution in [0.3, 0.4) is 0 Å². The summed E-state index contributed by atoms with van der Waals surface area (Å²) in [5.41, 5.74) is 2.43. The van der Waals surface area contributed by atoms with Crippen LogP contribution >= 0.6 is 0 Å². The summed E-state index contributed by atoms with van der Waals surface area (Å²) in [5, 5.41) is 0. The largest absolute Gasteiger partial charge is 0.326 e. The van der Waals surface area contributed by atoms with Crippen molar-refractivity contribution in [3.63, 3.8) is 0 Å². The Kier molecular flexibility index (Phi) is 6.45. The highest BCUT2D eigenvalue weighted by Crippen LogP contribution is 2.31. The Bertz CT molecular complexity index is 686. The summed E-state index contributed by atoms with van der Waals surface area (Å²) < 4.78 is 0. The standard InChI is InChI=1S/C23H30N2O/c1-3-19-16-17-25(18-19)23(21-12-8-5-9-13-21)24(2)22(26)15-14-20-10-6-4-7-11-20/h4-13,19,23H,3,14-18H2,1-2H3/t19-,23+/m0/s1. The lowest BCUT2D eigenvalue weighted by Gasteiger charge is -2.36. The summed E-state index contributed by atoms with van der Waals surface area (Å²) in [4.78, 5) is 17.4. The molecule has 2 aromatic rings. The summed E-state index contributed by atoms with van der Waals surface area (Å²) >= 11 is 0. The SMILES string of the molecule is CC[C@H]1CCN([C@H](c2ccccc2)N(C)C(=O)CCc2ccccc2)C1.